The van der Waals surface area contributed by atoms with E-state index in [1.165, 1.54) is 12.1 Å². The minimum atomic E-state index is -3.75. The van der Waals surface area contributed by atoms with Crippen LogP contribution in [0.1, 0.15) is 12.0 Å². The molecule has 2 aromatic rings. The number of sulfone groups is 2. The summed E-state index contributed by atoms with van der Waals surface area (Å²) < 4.78 is 48.3. The van der Waals surface area contributed by atoms with Gasteiger partial charge in [0, 0.05) is 6.04 Å². The molecule has 1 fully saturated rings. The van der Waals surface area contributed by atoms with Gasteiger partial charge in [-0.3, -0.25) is 0 Å². The van der Waals surface area contributed by atoms with Gasteiger partial charge in [-0.15, -0.1) is 0 Å². The Morgan fingerprint density at radius 1 is 1.29 bits per heavy atom. The number of nitrogens with zero attached hydrogens (tertiary/aromatic N) is 1. The van der Waals surface area contributed by atoms with Crippen molar-refractivity contribution in [1.82, 2.24) is 4.98 Å². The van der Waals surface area contributed by atoms with Crippen LogP contribution in [-0.2, 0) is 19.7 Å². The van der Waals surface area contributed by atoms with Crippen LogP contribution >= 0.6 is 22.9 Å². The van der Waals surface area contributed by atoms with Crippen LogP contribution in [0, 0.1) is 6.92 Å². The SMILES string of the molecule is Cc1ccc(S(=O)(=O)c2nc(NC3CCS(=O)(=O)C3)c(Cl)s2)cc1. The van der Waals surface area contributed by atoms with Crippen LogP contribution in [0.25, 0.3) is 0 Å². The zero-order valence-electron chi connectivity index (χ0n) is 12.7. The molecule has 24 heavy (non-hydrogen) atoms. The third-order valence-electron chi connectivity index (χ3n) is 3.70. The summed E-state index contributed by atoms with van der Waals surface area (Å²) in [4.78, 5) is 4.23. The molecule has 3 rings (SSSR count). The van der Waals surface area contributed by atoms with Gasteiger partial charge < -0.3 is 5.32 Å². The van der Waals surface area contributed by atoms with Gasteiger partial charge in [-0.1, -0.05) is 40.6 Å². The van der Waals surface area contributed by atoms with Crippen molar-refractivity contribution in [3.05, 3.63) is 34.2 Å². The zero-order valence-corrected chi connectivity index (χ0v) is 15.9. The average molecular weight is 407 g/mol. The standard InChI is InChI=1S/C14H15ClN2O4S3/c1-9-2-4-11(5-3-9)24(20,21)14-17-13(12(15)22-14)16-10-6-7-23(18,19)8-10/h2-5,10,16H,6-8H2,1H3. The molecule has 0 amide bonds. The molecule has 10 heteroatoms. The number of hydrogen-bond acceptors (Lipinski definition) is 7. The Morgan fingerprint density at radius 2 is 1.96 bits per heavy atom. The first kappa shape index (κ1) is 17.7. The topological polar surface area (TPSA) is 93.2 Å². The lowest BCUT2D eigenvalue weighted by Crippen LogP contribution is -2.21. The van der Waals surface area contributed by atoms with E-state index in [1.54, 1.807) is 12.1 Å². The quantitative estimate of drug-likeness (QED) is 0.838. The molecule has 1 aromatic heterocycles. The fourth-order valence-corrected chi connectivity index (χ4v) is 6.91. The van der Waals surface area contributed by atoms with Crippen LogP contribution in [0.2, 0.25) is 4.34 Å². The summed E-state index contributed by atoms with van der Waals surface area (Å²) in [5, 5.41) is 2.94. The van der Waals surface area contributed by atoms with E-state index in [0.29, 0.717) is 6.42 Å². The molecule has 130 valence electrons. The number of nitrogens with one attached hydrogen (secondary N) is 1. The first-order valence-corrected chi connectivity index (χ1v) is 11.6. The van der Waals surface area contributed by atoms with E-state index in [0.717, 1.165) is 16.9 Å². The molecule has 1 aromatic carbocycles. The van der Waals surface area contributed by atoms with Crippen molar-refractivity contribution in [3.8, 4) is 0 Å². The highest BCUT2D eigenvalue weighted by molar-refractivity contribution is 7.93. The van der Waals surface area contributed by atoms with Gasteiger partial charge in [0.05, 0.1) is 16.4 Å². The molecule has 0 aliphatic carbocycles. The molecule has 1 aliphatic rings. The molecule has 1 aliphatic heterocycles. The number of anilines is 1. The minimum Gasteiger partial charge on any atom is -0.364 e. The van der Waals surface area contributed by atoms with Crippen molar-refractivity contribution < 1.29 is 16.8 Å². The lowest BCUT2D eigenvalue weighted by atomic mass is 10.2. The Hall–Kier alpha value is -1.16. The van der Waals surface area contributed by atoms with Gasteiger partial charge in [0.25, 0.3) is 0 Å². The Bertz CT molecular complexity index is 966. The highest BCUT2D eigenvalue weighted by atomic mass is 35.5. The summed E-state index contributed by atoms with van der Waals surface area (Å²) in [5.41, 5.74) is 0.955. The van der Waals surface area contributed by atoms with Gasteiger partial charge >= 0.3 is 0 Å². The van der Waals surface area contributed by atoms with Gasteiger partial charge in [-0.25, -0.2) is 21.8 Å². The summed E-state index contributed by atoms with van der Waals surface area (Å²) in [5.74, 6) is 0.330. The summed E-state index contributed by atoms with van der Waals surface area (Å²) in [6, 6.07) is 6.17. The van der Waals surface area contributed by atoms with Crippen LogP contribution in [0.4, 0.5) is 5.82 Å². The van der Waals surface area contributed by atoms with E-state index in [2.05, 4.69) is 10.3 Å². The fraction of sp³-hybridized carbons (Fsp3) is 0.357. The number of halogens is 1. The lowest BCUT2D eigenvalue weighted by molar-refractivity contribution is 0.594. The molecular formula is C14H15ClN2O4S3. The van der Waals surface area contributed by atoms with E-state index in [1.807, 2.05) is 6.92 Å². The maximum atomic E-state index is 12.6. The maximum Gasteiger partial charge on any atom is 0.233 e. The number of benzene rings is 1. The molecule has 0 spiro atoms. The maximum absolute atomic E-state index is 12.6. The molecule has 6 nitrogen and oxygen atoms in total. The Labute approximate surface area is 149 Å². The van der Waals surface area contributed by atoms with E-state index in [-0.39, 0.29) is 36.9 Å². The first-order chi connectivity index (χ1) is 11.2. The van der Waals surface area contributed by atoms with Gasteiger partial charge in [0.15, 0.2) is 15.7 Å². The monoisotopic (exact) mass is 406 g/mol. The number of hydrogen-bond donors (Lipinski definition) is 1. The van der Waals surface area contributed by atoms with Gasteiger partial charge in [0.1, 0.15) is 4.34 Å². The normalized spacial score (nSPS) is 20.2. The third-order valence-corrected chi connectivity index (χ3v) is 8.87. The Morgan fingerprint density at radius 3 is 2.54 bits per heavy atom. The molecule has 0 saturated carbocycles. The molecule has 1 unspecified atom stereocenters. The van der Waals surface area contributed by atoms with Crippen molar-refractivity contribution >= 4 is 48.4 Å². The average Bonchev–Trinajstić information content (AvgIpc) is 3.03. The van der Waals surface area contributed by atoms with E-state index in [9.17, 15) is 16.8 Å². The van der Waals surface area contributed by atoms with Gasteiger partial charge in [-0.05, 0) is 25.5 Å². The summed E-state index contributed by atoms with van der Waals surface area (Å²) in [6.07, 6.45) is 0.455. The second kappa shape index (κ2) is 6.29. The van der Waals surface area contributed by atoms with Crippen LogP contribution in [0.15, 0.2) is 33.5 Å². The molecule has 1 saturated heterocycles. The Kier molecular flexibility index (Phi) is 4.63. The van der Waals surface area contributed by atoms with Crippen molar-refractivity contribution in [2.75, 3.05) is 16.8 Å². The Balaban J connectivity index is 1.87. The molecular weight excluding hydrogens is 392 g/mol. The highest BCUT2D eigenvalue weighted by Gasteiger charge is 2.30. The number of rotatable bonds is 4. The highest BCUT2D eigenvalue weighted by Crippen LogP contribution is 2.35. The lowest BCUT2D eigenvalue weighted by Gasteiger charge is -2.09. The molecule has 0 bridgehead atoms. The van der Waals surface area contributed by atoms with Gasteiger partial charge in [-0.2, -0.15) is 0 Å². The molecule has 1 N–H and O–H groups in total. The molecule has 2 heterocycles. The largest absolute Gasteiger partial charge is 0.364 e. The smallest absolute Gasteiger partial charge is 0.233 e. The molecule has 1 atom stereocenters. The number of aromatic nitrogens is 1. The van der Waals surface area contributed by atoms with Crippen LogP contribution in [0.5, 0.6) is 0 Å². The second-order valence-corrected chi connectivity index (χ2v) is 11.6. The summed E-state index contributed by atoms with van der Waals surface area (Å²) in [6.45, 7) is 1.87. The summed E-state index contributed by atoms with van der Waals surface area (Å²) >= 11 is 6.95. The van der Waals surface area contributed by atoms with E-state index < -0.39 is 19.7 Å². The van der Waals surface area contributed by atoms with E-state index in [4.69, 9.17) is 11.6 Å². The predicted molar refractivity (Wildman–Crippen MR) is 94.4 cm³/mol. The van der Waals surface area contributed by atoms with E-state index >= 15 is 0 Å². The number of aryl methyl sites for hydroxylation is 1. The first-order valence-electron chi connectivity index (χ1n) is 7.12. The van der Waals surface area contributed by atoms with Crippen molar-refractivity contribution in [2.24, 2.45) is 0 Å². The minimum absolute atomic E-state index is 0.000894. The van der Waals surface area contributed by atoms with Crippen LogP contribution in [-0.4, -0.2) is 39.4 Å². The second-order valence-electron chi connectivity index (χ2n) is 5.66. The van der Waals surface area contributed by atoms with Crippen molar-refractivity contribution in [3.63, 3.8) is 0 Å². The number of thiazole rings is 1. The fourth-order valence-electron chi connectivity index (χ4n) is 2.41. The third kappa shape index (κ3) is 3.58. The van der Waals surface area contributed by atoms with Crippen molar-refractivity contribution in [1.29, 1.82) is 0 Å². The predicted octanol–water partition coefficient (Wildman–Crippen LogP) is 2.54. The van der Waals surface area contributed by atoms with Crippen LogP contribution < -0.4 is 5.32 Å². The molecule has 0 radical (unpaired) electrons. The van der Waals surface area contributed by atoms with Crippen LogP contribution in [0.3, 0.4) is 0 Å². The summed E-state index contributed by atoms with van der Waals surface area (Å²) in [7, 11) is -6.79. The van der Waals surface area contributed by atoms with Gasteiger partial charge in [0.2, 0.25) is 14.2 Å². The zero-order chi connectivity index (χ0) is 17.5. The van der Waals surface area contributed by atoms with Crippen molar-refractivity contribution in [2.45, 2.75) is 28.6 Å².